The van der Waals surface area contributed by atoms with Crippen molar-refractivity contribution in [3.63, 3.8) is 0 Å². The van der Waals surface area contributed by atoms with Crippen LogP contribution in [0.3, 0.4) is 0 Å². The number of anilines is 1. The summed E-state index contributed by atoms with van der Waals surface area (Å²) in [4.78, 5) is 35.9. The maximum Gasteiger partial charge on any atom is 0.334 e. The van der Waals surface area contributed by atoms with Gasteiger partial charge in [0, 0.05) is 12.7 Å². The van der Waals surface area contributed by atoms with Crippen LogP contribution in [-0.4, -0.2) is 26.1 Å². The molecule has 0 atom stereocenters. The van der Waals surface area contributed by atoms with Gasteiger partial charge in [-0.2, -0.15) is 4.98 Å². The molecule has 0 saturated carbocycles. The third-order valence-corrected chi connectivity index (χ3v) is 3.66. The second-order valence-corrected chi connectivity index (χ2v) is 5.22. The van der Waals surface area contributed by atoms with Gasteiger partial charge in [0.2, 0.25) is 5.95 Å². The number of hydrogen-bond acceptors (Lipinski definition) is 5. The highest BCUT2D eigenvalue weighted by atomic mass is 16.2. The number of nitrogens with zero attached hydrogens (tertiary/aromatic N) is 3. The van der Waals surface area contributed by atoms with Gasteiger partial charge in [-0.15, -0.1) is 6.58 Å². The minimum atomic E-state index is -0.537. The predicted octanol–water partition coefficient (Wildman–Crippen LogP) is 1.63. The van der Waals surface area contributed by atoms with E-state index in [4.69, 9.17) is 0 Å². The number of H-pyrrole nitrogens is 1. The Labute approximate surface area is 137 Å². The molecule has 0 unspecified atom stereocenters. The maximum absolute atomic E-state index is 12.7. The average Bonchev–Trinajstić information content (AvgIpc) is 2.60. The zero-order valence-electron chi connectivity index (χ0n) is 13.2. The van der Waals surface area contributed by atoms with E-state index in [-0.39, 0.29) is 11.0 Å². The largest absolute Gasteiger partial charge is 0.351 e. The first-order valence-corrected chi connectivity index (χ1v) is 7.60. The van der Waals surface area contributed by atoms with Crippen molar-refractivity contribution < 1.29 is 0 Å². The molecule has 0 fully saturated rings. The Morgan fingerprint density at radius 3 is 2.71 bits per heavy atom. The second-order valence-electron chi connectivity index (χ2n) is 5.22. The van der Waals surface area contributed by atoms with Crippen LogP contribution in [0.15, 0.2) is 52.7 Å². The Hall–Kier alpha value is -3.22. The summed E-state index contributed by atoms with van der Waals surface area (Å²) in [7, 11) is 0. The number of benzene rings is 1. The third kappa shape index (κ3) is 2.83. The van der Waals surface area contributed by atoms with Crippen LogP contribution in [0.1, 0.15) is 12.5 Å². The Balaban J connectivity index is 2.14. The number of aromatic nitrogens is 4. The Kier molecular flexibility index (Phi) is 4.24. The lowest BCUT2D eigenvalue weighted by molar-refractivity contribution is 0.890. The zero-order chi connectivity index (χ0) is 17.1. The van der Waals surface area contributed by atoms with E-state index in [2.05, 4.69) is 26.8 Å². The third-order valence-electron chi connectivity index (χ3n) is 3.66. The van der Waals surface area contributed by atoms with E-state index >= 15 is 0 Å². The van der Waals surface area contributed by atoms with Gasteiger partial charge in [-0.05, 0) is 24.1 Å². The van der Waals surface area contributed by atoms with E-state index in [1.807, 2.05) is 19.1 Å². The van der Waals surface area contributed by atoms with Crippen LogP contribution in [0.2, 0.25) is 0 Å². The minimum Gasteiger partial charge on any atom is -0.351 e. The van der Waals surface area contributed by atoms with Crippen molar-refractivity contribution in [2.45, 2.75) is 13.3 Å². The molecule has 0 amide bonds. The molecule has 122 valence electrons. The van der Waals surface area contributed by atoms with E-state index in [0.29, 0.717) is 18.2 Å². The molecule has 3 aromatic rings. The highest BCUT2D eigenvalue weighted by Gasteiger charge is 2.11. The van der Waals surface area contributed by atoms with Crippen molar-refractivity contribution in [2.75, 3.05) is 11.9 Å². The molecule has 0 radical (unpaired) electrons. The van der Waals surface area contributed by atoms with Gasteiger partial charge in [-0.3, -0.25) is 9.78 Å². The summed E-state index contributed by atoms with van der Waals surface area (Å²) in [5, 5.41) is 3.16. The summed E-state index contributed by atoms with van der Waals surface area (Å²) in [5.74, 6) is 0.322. The molecule has 2 N–H and O–H groups in total. The number of aryl methyl sites for hydroxylation is 1. The fourth-order valence-corrected chi connectivity index (χ4v) is 2.37. The van der Waals surface area contributed by atoms with E-state index < -0.39 is 11.2 Å². The summed E-state index contributed by atoms with van der Waals surface area (Å²) in [5.41, 5.74) is 0.853. The molecule has 0 aliphatic heterocycles. The summed E-state index contributed by atoms with van der Waals surface area (Å²) in [6.45, 7) is 6.12. The van der Waals surface area contributed by atoms with Crippen molar-refractivity contribution in [1.29, 1.82) is 0 Å². The number of hydrogen-bond donors (Lipinski definition) is 2. The monoisotopic (exact) mass is 323 g/mol. The molecule has 0 bridgehead atoms. The standard InChI is InChI=1S/C17H17N5O2/c1-3-9-18-16-19-10-13-14(20-16)21-17(24)22(15(13)23)12-7-5-11(4-2)6-8-12/h3,5-8,10H,1,4,9H2,2H3,(H2,18,19,20,21,24). The van der Waals surface area contributed by atoms with Gasteiger partial charge in [0.05, 0.1) is 5.69 Å². The summed E-state index contributed by atoms with van der Waals surface area (Å²) >= 11 is 0. The molecule has 24 heavy (non-hydrogen) atoms. The lowest BCUT2D eigenvalue weighted by Crippen LogP contribution is -2.34. The van der Waals surface area contributed by atoms with Gasteiger partial charge < -0.3 is 5.32 Å². The lowest BCUT2D eigenvalue weighted by atomic mass is 10.1. The van der Waals surface area contributed by atoms with Crippen molar-refractivity contribution >= 4 is 17.0 Å². The van der Waals surface area contributed by atoms with Crippen molar-refractivity contribution in [1.82, 2.24) is 19.5 Å². The van der Waals surface area contributed by atoms with Gasteiger partial charge in [0.15, 0.2) is 5.65 Å². The molecule has 1 aromatic carbocycles. The van der Waals surface area contributed by atoms with Gasteiger partial charge in [-0.1, -0.05) is 25.1 Å². The molecule has 2 aromatic heterocycles. The number of aromatic amines is 1. The number of nitrogens with one attached hydrogen (secondary N) is 2. The molecule has 0 saturated heterocycles. The second kappa shape index (κ2) is 6.49. The smallest absolute Gasteiger partial charge is 0.334 e. The summed E-state index contributed by atoms with van der Waals surface area (Å²) < 4.78 is 1.09. The van der Waals surface area contributed by atoms with E-state index in [1.165, 1.54) is 6.20 Å². The highest BCUT2D eigenvalue weighted by molar-refractivity contribution is 5.73. The Morgan fingerprint density at radius 2 is 2.04 bits per heavy atom. The molecule has 0 aliphatic rings. The van der Waals surface area contributed by atoms with Crippen LogP contribution in [0.5, 0.6) is 0 Å². The minimum absolute atomic E-state index is 0.202. The van der Waals surface area contributed by atoms with Crippen LogP contribution in [-0.2, 0) is 6.42 Å². The van der Waals surface area contributed by atoms with E-state index in [9.17, 15) is 9.59 Å². The topological polar surface area (TPSA) is 92.7 Å². The molecule has 2 heterocycles. The maximum atomic E-state index is 12.7. The van der Waals surface area contributed by atoms with E-state index in [0.717, 1.165) is 16.6 Å². The lowest BCUT2D eigenvalue weighted by Gasteiger charge is -2.08. The summed E-state index contributed by atoms with van der Waals surface area (Å²) in [6.07, 6.45) is 3.95. The van der Waals surface area contributed by atoms with Crippen LogP contribution < -0.4 is 16.6 Å². The fraction of sp³-hybridized carbons (Fsp3) is 0.176. The van der Waals surface area contributed by atoms with Gasteiger partial charge in [0.25, 0.3) is 5.56 Å². The van der Waals surface area contributed by atoms with Crippen LogP contribution >= 0.6 is 0 Å². The predicted molar refractivity (Wildman–Crippen MR) is 93.8 cm³/mol. The molecule has 3 rings (SSSR count). The average molecular weight is 323 g/mol. The first kappa shape index (κ1) is 15.7. The normalized spacial score (nSPS) is 10.7. The van der Waals surface area contributed by atoms with Crippen LogP contribution in [0, 0.1) is 0 Å². The Morgan fingerprint density at radius 1 is 1.29 bits per heavy atom. The first-order chi connectivity index (χ1) is 11.6. The Bertz CT molecular complexity index is 1000. The molecular weight excluding hydrogens is 306 g/mol. The zero-order valence-corrected chi connectivity index (χ0v) is 13.2. The fourth-order valence-electron chi connectivity index (χ4n) is 2.37. The van der Waals surface area contributed by atoms with Gasteiger partial charge >= 0.3 is 5.69 Å². The van der Waals surface area contributed by atoms with Crippen molar-refractivity contribution in [2.24, 2.45) is 0 Å². The molecule has 7 heteroatoms. The van der Waals surface area contributed by atoms with Crippen LogP contribution in [0.25, 0.3) is 16.7 Å². The molecule has 0 aliphatic carbocycles. The molecule has 0 spiro atoms. The molecule has 7 nitrogen and oxygen atoms in total. The highest BCUT2D eigenvalue weighted by Crippen LogP contribution is 2.09. The van der Waals surface area contributed by atoms with E-state index in [1.54, 1.807) is 18.2 Å². The first-order valence-electron chi connectivity index (χ1n) is 7.60. The number of rotatable bonds is 5. The SMILES string of the molecule is C=CCNc1ncc2c(=O)n(-c3ccc(CC)cc3)c(=O)[nH]c2n1. The van der Waals surface area contributed by atoms with Crippen molar-refractivity contribution in [3.8, 4) is 5.69 Å². The quantitative estimate of drug-likeness (QED) is 0.696. The molecular formula is C17H17N5O2. The summed E-state index contributed by atoms with van der Waals surface area (Å²) in [6, 6.07) is 7.29. The van der Waals surface area contributed by atoms with Gasteiger partial charge in [-0.25, -0.2) is 14.3 Å². The van der Waals surface area contributed by atoms with Crippen molar-refractivity contribution in [3.05, 3.63) is 69.5 Å². The number of fused-ring (bicyclic) bond motifs is 1. The van der Waals surface area contributed by atoms with Crippen LogP contribution in [0.4, 0.5) is 5.95 Å². The van der Waals surface area contributed by atoms with Gasteiger partial charge in [0.1, 0.15) is 5.39 Å².